The Morgan fingerprint density at radius 1 is 1.45 bits per heavy atom. The lowest BCUT2D eigenvalue weighted by molar-refractivity contribution is 0.352. The number of halogens is 1. The van der Waals surface area contributed by atoms with Crippen LogP contribution in [-0.2, 0) is 13.0 Å². The first-order chi connectivity index (χ1) is 9.56. The van der Waals surface area contributed by atoms with Crippen LogP contribution < -0.4 is 10.5 Å². The van der Waals surface area contributed by atoms with E-state index < -0.39 is 0 Å². The highest BCUT2D eigenvalue weighted by Crippen LogP contribution is 2.34. The van der Waals surface area contributed by atoms with Crippen molar-refractivity contribution in [2.75, 3.05) is 12.3 Å². The number of benzene rings is 1. The molecule has 5 nitrogen and oxygen atoms in total. The molecular formula is C14H17ClN4O. The fourth-order valence-corrected chi connectivity index (χ4v) is 2.93. The minimum atomic E-state index is 0.262. The van der Waals surface area contributed by atoms with E-state index in [0.29, 0.717) is 19.0 Å². The van der Waals surface area contributed by atoms with E-state index >= 15 is 0 Å². The molecule has 0 radical (unpaired) electrons. The summed E-state index contributed by atoms with van der Waals surface area (Å²) in [4.78, 5) is 0. The Bertz CT molecular complexity index is 651. The lowest BCUT2D eigenvalue weighted by Crippen LogP contribution is -2.09. The van der Waals surface area contributed by atoms with Crippen molar-refractivity contribution in [3.63, 3.8) is 0 Å². The summed E-state index contributed by atoms with van der Waals surface area (Å²) in [5.41, 5.74) is 9.01. The molecule has 0 spiro atoms. The van der Waals surface area contributed by atoms with Gasteiger partial charge in [0.2, 0.25) is 0 Å². The van der Waals surface area contributed by atoms with E-state index in [1.807, 2.05) is 16.8 Å². The fourth-order valence-electron chi connectivity index (χ4n) is 2.67. The summed E-state index contributed by atoms with van der Waals surface area (Å²) in [6.45, 7) is 5.43. The average molecular weight is 293 g/mol. The molecule has 3 rings (SSSR count). The molecule has 1 aromatic carbocycles. The molecule has 1 aliphatic rings. The van der Waals surface area contributed by atoms with Gasteiger partial charge in [0.25, 0.3) is 0 Å². The van der Waals surface area contributed by atoms with E-state index in [4.69, 9.17) is 22.1 Å². The molecule has 0 aliphatic carbocycles. The minimum absolute atomic E-state index is 0.262. The molecule has 0 saturated carbocycles. The van der Waals surface area contributed by atoms with Gasteiger partial charge in [0.1, 0.15) is 5.75 Å². The third kappa shape index (κ3) is 2.22. The quantitative estimate of drug-likeness (QED) is 0.944. The summed E-state index contributed by atoms with van der Waals surface area (Å²) in [7, 11) is 0. The van der Waals surface area contributed by atoms with Crippen molar-refractivity contribution in [1.29, 1.82) is 0 Å². The smallest absolute Gasteiger partial charge is 0.169 e. The zero-order valence-corrected chi connectivity index (χ0v) is 12.3. The lowest BCUT2D eigenvalue weighted by Gasteiger charge is -2.12. The van der Waals surface area contributed by atoms with E-state index in [1.54, 1.807) is 0 Å². The molecule has 1 aliphatic heterocycles. The first-order valence-electron chi connectivity index (χ1n) is 6.69. The highest BCUT2D eigenvalue weighted by atomic mass is 35.5. The standard InChI is InChI=1S/C14H17ClN4O/c1-8(2)12-14(16)17-18-19(12)7-10-6-11(15)5-9-3-4-20-13(9)10/h5-6,8H,3-4,7,16H2,1-2H3. The molecule has 20 heavy (non-hydrogen) atoms. The number of aromatic nitrogens is 3. The van der Waals surface area contributed by atoms with E-state index in [2.05, 4.69) is 24.2 Å². The van der Waals surface area contributed by atoms with Crippen molar-refractivity contribution < 1.29 is 4.74 Å². The van der Waals surface area contributed by atoms with Gasteiger partial charge in [-0.25, -0.2) is 4.68 Å². The van der Waals surface area contributed by atoms with Crippen LogP contribution in [0.3, 0.4) is 0 Å². The highest BCUT2D eigenvalue weighted by molar-refractivity contribution is 6.30. The molecule has 0 fully saturated rings. The normalized spacial score (nSPS) is 13.6. The molecule has 6 heteroatoms. The second kappa shape index (κ2) is 4.98. The molecule has 2 aromatic rings. The topological polar surface area (TPSA) is 66.0 Å². The van der Waals surface area contributed by atoms with Gasteiger partial charge in [0, 0.05) is 17.0 Å². The Kier molecular flexibility index (Phi) is 3.30. The maximum atomic E-state index is 6.18. The van der Waals surface area contributed by atoms with Crippen LogP contribution in [0.4, 0.5) is 5.82 Å². The number of hydrogen-bond acceptors (Lipinski definition) is 4. The third-order valence-electron chi connectivity index (χ3n) is 3.49. The largest absolute Gasteiger partial charge is 0.493 e. The van der Waals surface area contributed by atoms with Gasteiger partial charge < -0.3 is 10.5 Å². The van der Waals surface area contributed by atoms with Crippen LogP contribution in [0.25, 0.3) is 0 Å². The molecule has 0 saturated heterocycles. The van der Waals surface area contributed by atoms with E-state index in [1.165, 1.54) is 0 Å². The fraction of sp³-hybridized carbons (Fsp3) is 0.429. The summed E-state index contributed by atoms with van der Waals surface area (Å²) in [6, 6.07) is 3.89. The maximum Gasteiger partial charge on any atom is 0.169 e. The minimum Gasteiger partial charge on any atom is -0.493 e. The van der Waals surface area contributed by atoms with Gasteiger partial charge in [-0.05, 0) is 23.6 Å². The van der Waals surface area contributed by atoms with Crippen molar-refractivity contribution in [1.82, 2.24) is 15.0 Å². The molecule has 0 unspecified atom stereocenters. The van der Waals surface area contributed by atoms with Gasteiger partial charge >= 0.3 is 0 Å². The van der Waals surface area contributed by atoms with Gasteiger partial charge in [-0.15, -0.1) is 5.10 Å². The van der Waals surface area contributed by atoms with Crippen LogP contribution in [0, 0.1) is 0 Å². The Morgan fingerprint density at radius 2 is 2.25 bits per heavy atom. The van der Waals surface area contributed by atoms with Crippen molar-refractivity contribution in [2.45, 2.75) is 32.7 Å². The number of nitrogens with two attached hydrogens (primary N) is 1. The number of ether oxygens (including phenoxy) is 1. The molecule has 1 aromatic heterocycles. The molecule has 0 bridgehead atoms. The van der Waals surface area contributed by atoms with Crippen LogP contribution >= 0.6 is 11.6 Å². The van der Waals surface area contributed by atoms with Crippen molar-refractivity contribution in [3.8, 4) is 5.75 Å². The zero-order valence-electron chi connectivity index (χ0n) is 11.6. The Balaban J connectivity index is 2.00. The average Bonchev–Trinajstić information content (AvgIpc) is 2.95. The van der Waals surface area contributed by atoms with Gasteiger partial charge in [-0.3, -0.25) is 0 Å². The van der Waals surface area contributed by atoms with E-state index in [0.717, 1.165) is 34.0 Å². The predicted octanol–water partition coefficient (Wildman–Crippen LogP) is 2.62. The number of nitrogen functional groups attached to an aromatic ring is 1. The van der Waals surface area contributed by atoms with Crippen molar-refractivity contribution >= 4 is 17.4 Å². The highest BCUT2D eigenvalue weighted by Gasteiger charge is 2.20. The molecule has 0 atom stereocenters. The molecule has 0 amide bonds. The monoisotopic (exact) mass is 292 g/mol. The van der Waals surface area contributed by atoms with Crippen LogP contribution in [0.2, 0.25) is 5.02 Å². The SMILES string of the molecule is CC(C)c1c(N)nnn1Cc1cc(Cl)cc2c1OCC2. The summed E-state index contributed by atoms with van der Waals surface area (Å²) in [5, 5.41) is 8.82. The Labute approximate surface area is 122 Å². The maximum absolute atomic E-state index is 6.18. The first-order valence-corrected chi connectivity index (χ1v) is 7.07. The first kappa shape index (κ1) is 13.2. The zero-order chi connectivity index (χ0) is 14.3. The summed E-state index contributed by atoms with van der Waals surface area (Å²) < 4.78 is 7.54. The molecule has 2 heterocycles. The number of hydrogen-bond donors (Lipinski definition) is 1. The second-order valence-corrected chi connectivity index (χ2v) is 5.76. The predicted molar refractivity (Wildman–Crippen MR) is 78.3 cm³/mol. The van der Waals surface area contributed by atoms with Crippen molar-refractivity contribution in [2.24, 2.45) is 0 Å². The van der Waals surface area contributed by atoms with E-state index in [-0.39, 0.29) is 5.92 Å². The van der Waals surface area contributed by atoms with Crippen LogP contribution in [0.15, 0.2) is 12.1 Å². The van der Waals surface area contributed by atoms with Crippen LogP contribution in [-0.4, -0.2) is 21.6 Å². The Morgan fingerprint density at radius 3 is 3.00 bits per heavy atom. The van der Waals surface area contributed by atoms with Gasteiger partial charge in [-0.2, -0.15) is 0 Å². The van der Waals surface area contributed by atoms with Crippen molar-refractivity contribution in [3.05, 3.63) is 34.0 Å². The van der Waals surface area contributed by atoms with Gasteiger partial charge in [0.05, 0.1) is 18.8 Å². The number of fused-ring (bicyclic) bond motifs is 1. The number of anilines is 1. The second-order valence-electron chi connectivity index (χ2n) is 5.32. The third-order valence-corrected chi connectivity index (χ3v) is 3.71. The number of nitrogens with zero attached hydrogens (tertiary/aromatic N) is 3. The summed E-state index contributed by atoms with van der Waals surface area (Å²) >= 11 is 6.18. The molecule has 106 valence electrons. The van der Waals surface area contributed by atoms with Gasteiger partial charge in [0.15, 0.2) is 5.82 Å². The summed E-state index contributed by atoms with van der Waals surface area (Å²) in [6.07, 6.45) is 0.902. The molecular weight excluding hydrogens is 276 g/mol. The summed E-state index contributed by atoms with van der Waals surface area (Å²) in [5.74, 6) is 1.68. The van der Waals surface area contributed by atoms with Gasteiger partial charge in [-0.1, -0.05) is 30.7 Å². The molecule has 2 N–H and O–H groups in total. The lowest BCUT2D eigenvalue weighted by atomic mass is 10.1. The van der Waals surface area contributed by atoms with E-state index in [9.17, 15) is 0 Å². The number of rotatable bonds is 3. The van der Waals surface area contributed by atoms with Crippen LogP contribution in [0.5, 0.6) is 5.75 Å². The van der Waals surface area contributed by atoms with Crippen LogP contribution in [0.1, 0.15) is 36.6 Å². The Hall–Kier alpha value is -1.75.